The topological polar surface area (TPSA) is 32.3 Å². The van der Waals surface area contributed by atoms with Crippen molar-refractivity contribution in [3.05, 3.63) is 0 Å². The van der Waals surface area contributed by atoms with E-state index in [1.54, 1.807) is 0 Å². The number of hydrogen-bond donors (Lipinski definition) is 2. The first-order valence-corrected chi connectivity index (χ1v) is 1.97. The molecule has 0 saturated carbocycles. The minimum absolute atomic E-state index is 1.43. The fraction of sp³-hybridized carbons (Fsp3) is 1.00. The van der Waals surface area contributed by atoms with Crippen molar-refractivity contribution in [2.45, 2.75) is 31.7 Å². The molecule has 0 aromatic heterocycles. The molecular formula is C6H13NO. The van der Waals surface area contributed by atoms with E-state index in [-0.39, 0.29) is 0 Å². The molecule has 0 bridgehead atoms. The third kappa shape index (κ3) is 1.46. The fourth-order valence-electron chi connectivity index (χ4n) is 0.306. The molecule has 2 unspecified atom stereocenters. The number of nitrogens with one attached hydrogen (secondary N) is 1. The number of hydrogen-bond acceptors (Lipinski definition) is 2. The molecule has 2 nitrogen and oxygen atoms in total. The van der Waals surface area contributed by atoms with Gasteiger partial charge in [-0.25, -0.2) is 0 Å². The Morgan fingerprint density at radius 2 is 2.88 bits per heavy atom. The predicted molar refractivity (Wildman–Crippen MR) is 32.7 cm³/mol. The van der Waals surface area contributed by atoms with Crippen LogP contribution >= 0.6 is 0 Å². The van der Waals surface area contributed by atoms with Crippen molar-refractivity contribution in [2.75, 3.05) is 6.50 Å². The average molecular weight is 126 g/mol. The van der Waals surface area contributed by atoms with E-state index >= 15 is 0 Å². The molecule has 2 atom stereocenters. The van der Waals surface area contributed by atoms with Gasteiger partial charge in [0.2, 0.25) is 0 Å². The lowest BCUT2D eigenvalue weighted by Crippen LogP contribution is -2.39. The van der Waals surface area contributed by atoms with Crippen molar-refractivity contribution < 1.29 is 20.2 Å². The molecule has 1 rings (SSSR count). The molecule has 0 aliphatic carbocycles. The first kappa shape index (κ1) is 1.06. The molecule has 1 heterocycles. The zero-order valence-corrected chi connectivity index (χ0v) is 3.95. The van der Waals surface area contributed by atoms with Crippen molar-refractivity contribution in [1.29, 1.82) is 0 Å². The molecule has 0 radical (unpaired) electrons. The van der Waals surface area contributed by atoms with E-state index in [0.717, 1.165) is 0 Å². The minimum atomic E-state index is -3.63. The summed E-state index contributed by atoms with van der Waals surface area (Å²) in [6.45, 7) is -6.76. The Morgan fingerprint density at radius 3 is 3.62 bits per heavy atom. The Labute approximate surface area is 65.4 Å². The van der Waals surface area contributed by atoms with Crippen LogP contribution in [0.2, 0.25) is 0 Å². The molecule has 1 aliphatic heterocycles. The van der Waals surface area contributed by atoms with Crippen LogP contribution in [0.5, 0.6) is 0 Å². The predicted octanol–water partition coefficient (Wildman–Crippen LogP) is 0.119. The minimum Gasteiger partial charge on any atom is -0.392 e. The standard InChI is InChI=1S/C6H13NO/c1-5-2-3-6(8)4-7-5/h5-8H,2-4H2,1H3/i1D3,2D2,3D2,4D2,5D,6D. The molecule has 0 amide bonds. The van der Waals surface area contributed by atoms with Crippen molar-refractivity contribution in [2.24, 2.45) is 0 Å². The van der Waals surface area contributed by atoms with Gasteiger partial charge >= 0.3 is 0 Å². The van der Waals surface area contributed by atoms with Crippen LogP contribution in [-0.4, -0.2) is 23.7 Å². The summed E-state index contributed by atoms with van der Waals surface area (Å²) in [5, 5.41) is 11.0. The fourth-order valence-corrected chi connectivity index (χ4v) is 0.306. The molecule has 0 aromatic rings. The highest BCUT2D eigenvalue weighted by Gasteiger charge is 2.13. The Bertz CT molecular complexity index is 387. The summed E-state index contributed by atoms with van der Waals surface area (Å²) in [6, 6.07) is -3.36. The maximum Gasteiger partial charge on any atom is 0.0665 e. The second kappa shape index (κ2) is 2.46. The van der Waals surface area contributed by atoms with Crippen LogP contribution in [0.25, 0.3) is 0 Å². The van der Waals surface area contributed by atoms with Crippen molar-refractivity contribution >= 4 is 0 Å². The molecule has 2 N–H and O–H groups in total. The van der Waals surface area contributed by atoms with Gasteiger partial charge in [-0.2, -0.15) is 0 Å². The second-order valence-corrected chi connectivity index (χ2v) is 1.22. The lowest BCUT2D eigenvalue weighted by atomic mass is 10.0. The summed E-state index contributed by atoms with van der Waals surface area (Å²) in [5.41, 5.74) is 0. The zero-order chi connectivity index (χ0) is 15.7. The lowest BCUT2D eigenvalue weighted by Gasteiger charge is -2.23. The van der Waals surface area contributed by atoms with Gasteiger partial charge in [-0.15, -0.1) is 0 Å². The Morgan fingerprint density at radius 1 is 2.00 bits per heavy atom. The van der Waals surface area contributed by atoms with E-state index in [1.807, 2.05) is 0 Å². The highest BCUT2D eigenvalue weighted by Crippen LogP contribution is 2.05. The van der Waals surface area contributed by atoms with Crippen LogP contribution in [0.15, 0.2) is 0 Å². The lowest BCUT2D eigenvalue weighted by molar-refractivity contribution is 0.129. The molecule has 48 valence electrons. The van der Waals surface area contributed by atoms with Gasteiger partial charge in [-0.1, -0.05) is 0 Å². The summed E-state index contributed by atoms with van der Waals surface area (Å²) in [4.78, 5) is 0. The first-order chi connectivity index (χ1) is 7.96. The van der Waals surface area contributed by atoms with Crippen molar-refractivity contribution in [3.63, 3.8) is 0 Å². The third-order valence-corrected chi connectivity index (χ3v) is 0.612. The van der Waals surface area contributed by atoms with E-state index in [1.165, 1.54) is 5.32 Å². The van der Waals surface area contributed by atoms with Crippen LogP contribution < -0.4 is 5.32 Å². The molecule has 2 heteroatoms. The third-order valence-electron chi connectivity index (χ3n) is 0.612. The first-order valence-electron chi connectivity index (χ1n) is 7.47. The van der Waals surface area contributed by atoms with E-state index in [2.05, 4.69) is 0 Å². The largest absolute Gasteiger partial charge is 0.392 e. The molecule has 0 aromatic carbocycles. The van der Waals surface area contributed by atoms with Crippen molar-refractivity contribution in [3.8, 4) is 0 Å². The van der Waals surface area contributed by atoms with Gasteiger partial charge in [-0.3, -0.25) is 0 Å². The van der Waals surface area contributed by atoms with Crippen LogP contribution in [0.4, 0.5) is 0 Å². The average Bonchev–Trinajstić information content (AvgIpc) is 2.12. The summed E-state index contributed by atoms with van der Waals surface area (Å²) >= 11 is 0. The number of piperidine rings is 1. The Kier molecular flexibility index (Phi) is 0.326. The number of aliphatic hydroxyl groups is 1. The monoisotopic (exact) mass is 126 g/mol. The zero-order valence-electron chi connectivity index (χ0n) is 14.9. The SMILES string of the molecule is [2H]C([2H])([2H])C1([2H])NC([2H])([2H])C([2H])(O)C([2H])([2H])C1([2H])[2H]. The van der Waals surface area contributed by atoms with Gasteiger partial charge in [0.1, 0.15) is 0 Å². The highest BCUT2D eigenvalue weighted by atomic mass is 16.3. The Balaban J connectivity index is 3.60. The van der Waals surface area contributed by atoms with Gasteiger partial charge in [0.05, 0.1) is 7.45 Å². The van der Waals surface area contributed by atoms with Crippen LogP contribution in [-0.2, 0) is 0 Å². The van der Waals surface area contributed by atoms with E-state index in [0.29, 0.717) is 0 Å². The molecule has 0 spiro atoms. The molecular weight excluding hydrogens is 102 g/mol. The van der Waals surface area contributed by atoms with Crippen LogP contribution in [0.3, 0.4) is 0 Å². The van der Waals surface area contributed by atoms with E-state index in [4.69, 9.17) is 15.1 Å². The smallest absolute Gasteiger partial charge is 0.0665 e. The van der Waals surface area contributed by atoms with E-state index < -0.39 is 38.2 Å². The van der Waals surface area contributed by atoms with Gasteiger partial charge in [0.25, 0.3) is 0 Å². The van der Waals surface area contributed by atoms with Gasteiger partial charge in [0.15, 0.2) is 0 Å². The molecule has 1 fully saturated rings. The van der Waals surface area contributed by atoms with Crippen LogP contribution in [0, 0.1) is 0 Å². The molecule has 1 aliphatic rings. The maximum absolute atomic E-state index is 9.61. The summed E-state index contributed by atoms with van der Waals surface area (Å²) in [5.74, 6) is 0. The number of rotatable bonds is 0. The van der Waals surface area contributed by atoms with Crippen molar-refractivity contribution in [1.82, 2.24) is 5.32 Å². The maximum atomic E-state index is 9.61. The quantitative estimate of drug-likeness (QED) is 0.483. The highest BCUT2D eigenvalue weighted by molar-refractivity contribution is 4.72. The molecule has 8 heavy (non-hydrogen) atoms. The van der Waals surface area contributed by atoms with Gasteiger partial charge in [-0.05, 0) is 19.6 Å². The van der Waals surface area contributed by atoms with E-state index in [9.17, 15) is 5.11 Å². The Hall–Kier alpha value is -0.0800. The summed E-state index contributed by atoms with van der Waals surface area (Å²) in [7, 11) is 0. The molecule has 1 saturated heterocycles. The van der Waals surface area contributed by atoms with Gasteiger partial charge in [0, 0.05) is 26.2 Å². The van der Waals surface area contributed by atoms with Crippen LogP contribution in [0.1, 0.15) is 34.7 Å². The van der Waals surface area contributed by atoms with Gasteiger partial charge < -0.3 is 10.4 Å². The number of β-amino-alcohol motifs (C(OH)–C–C–N with tert-alkyl or cyclic N) is 1. The second-order valence-electron chi connectivity index (χ2n) is 1.22. The normalized spacial score (nSPS) is 98.9. The summed E-state index contributed by atoms with van der Waals surface area (Å²) in [6.07, 6.45) is -10.8. The summed E-state index contributed by atoms with van der Waals surface area (Å²) < 4.78 is 80.9.